The molecular formula is C18H11BrS. The van der Waals surface area contributed by atoms with Crippen LogP contribution in [0.2, 0.25) is 0 Å². The third-order valence-corrected chi connectivity index (χ3v) is 4.86. The van der Waals surface area contributed by atoms with Crippen LogP contribution in [0, 0.1) is 0 Å². The van der Waals surface area contributed by atoms with E-state index >= 15 is 0 Å². The largest absolute Gasteiger partial charge is 0.134 e. The Morgan fingerprint density at radius 1 is 0.950 bits per heavy atom. The molecule has 96 valence electrons. The van der Waals surface area contributed by atoms with Crippen LogP contribution in [-0.2, 0) is 0 Å². The van der Waals surface area contributed by atoms with Crippen molar-refractivity contribution in [2.45, 2.75) is 0 Å². The first-order valence-corrected chi connectivity index (χ1v) is 7.62. The van der Waals surface area contributed by atoms with Gasteiger partial charge in [-0.1, -0.05) is 70.4 Å². The van der Waals surface area contributed by atoms with Gasteiger partial charge in [-0.3, -0.25) is 0 Å². The zero-order valence-corrected chi connectivity index (χ0v) is 12.6. The van der Waals surface area contributed by atoms with Crippen LogP contribution in [0.25, 0.3) is 31.3 Å². The van der Waals surface area contributed by atoms with Gasteiger partial charge in [0.25, 0.3) is 0 Å². The van der Waals surface area contributed by atoms with Gasteiger partial charge >= 0.3 is 0 Å². The van der Waals surface area contributed by atoms with Crippen molar-refractivity contribution in [1.82, 2.24) is 0 Å². The average molecular weight is 345 g/mol. The number of fused-ring (bicyclic) bond motifs is 3. The van der Waals surface area contributed by atoms with Crippen LogP contribution in [0.1, 0.15) is 8.22 Å². The molecule has 3 aromatic carbocycles. The minimum Gasteiger partial charge on any atom is -0.134 e. The molecule has 0 unspecified atom stereocenters. The SMILES string of the molecule is [2H]c1c([2H])c([2H])c2c(sc3c(-c4ccccc4)c([2H])c([2H])c(Br)c32)c1[2H]. The molecule has 20 heavy (non-hydrogen) atoms. The van der Waals surface area contributed by atoms with Crippen LogP contribution >= 0.6 is 27.3 Å². The molecule has 0 atom stereocenters. The topological polar surface area (TPSA) is 0 Å². The van der Waals surface area contributed by atoms with E-state index in [1.807, 2.05) is 30.3 Å². The third kappa shape index (κ3) is 1.80. The molecular weight excluding hydrogens is 328 g/mol. The van der Waals surface area contributed by atoms with Crippen LogP contribution in [0.15, 0.2) is 71.1 Å². The molecule has 0 radical (unpaired) electrons. The maximum atomic E-state index is 8.44. The fourth-order valence-corrected chi connectivity index (χ4v) is 4.02. The summed E-state index contributed by atoms with van der Waals surface area (Å²) in [6.45, 7) is 0. The van der Waals surface area contributed by atoms with E-state index in [9.17, 15) is 0 Å². The van der Waals surface area contributed by atoms with Crippen molar-refractivity contribution in [1.29, 1.82) is 0 Å². The summed E-state index contributed by atoms with van der Waals surface area (Å²) in [5.74, 6) is 0. The van der Waals surface area contributed by atoms with Crippen molar-refractivity contribution in [3.05, 3.63) is 71.1 Å². The van der Waals surface area contributed by atoms with E-state index in [0.29, 0.717) is 30.2 Å². The lowest BCUT2D eigenvalue weighted by Crippen LogP contribution is -1.78. The van der Waals surface area contributed by atoms with Gasteiger partial charge in [0.2, 0.25) is 0 Å². The number of hydrogen-bond donors (Lipinski definition) is 0. The van der Waals surface area contributed by atoms with Gasteiger partial charge in [-0.05, 0) is 23.2 Å². The highest BCUT2D eigenvalue weighted by Gasteiger charge is 2.12. The highest BCUT2D eigenvalue weighted by molar-refractivity contribution is 9.10. The molecule has 0 saturated heterocycles. The Bertz CT molecular complexity index is 1200. The van der Waals surface area contributed by atoms with E-state index in [0.717, 1.165) is 5.56 Å². The second-order valence-corrected chi connectivity index (χ2v) is 6.13. The Morgan fingerprint density at radius 2 is 1.75 bits per heavy atom. The molecule has 1 heterocycles. The predicted molar refractivity (Wildman–Crippen MR) is 92.5 cm³/mol. The molecule has 1 aromatic heterocycles. The van der Waals surface area contributed by atoms with Crippen LogP contribution in [0.5, 0.6) is 0 Å². The number of thiophene rings is 1. The summed E-state index contributed by atoms with van der Waals surface area (Å²) in [5, 5.41) is 0.963. The third-order valence-electron chi connectivity index (χ3n) is 3.14. The summed E-state index contributed by atoms with van der Waals surface area (Å²) < 4.78 is 50.7. The van der Waals surface area contributed by atoms with Crippen LogP contribution in [0.4, 0.5) is 0 Å². The molecule has 0 bridgehead atoms. The van der Waals surface area contributed by atoms with Crippen LogP contribution in [-0.4, -0.2) is 0 Å². The highest BCUT2D eigenvalue weighted by Crippen LogP contribution is 2.43. The van der Waals surface area contributed by atoms with Gasteiger partial charge in [-0.15, -0.1) is 11.3 Å². The second kappa shape index (κ2) is 4.72. The Hall–Kier alpha value is -1.64. The molecule has 0 N–H and O–H groups in total. The smallest absolute Gasteiger partial charge is 0.0638 e. The van der Waals surface area contributed by atoms with E-state index in [-0.39, 0.29) is 36.3 Å². The zero-order chi connectivity index (χ0) is 18.7. The predicted octanol–water partition coefficient (Wildman–Crippen LogP) is 6.48. The first-order chi connectivity index (χ1) is 12.3. The highest BCUT2D eigenvalue weighted by atomic mass is 79.9. The molecule has 4 aromatic rings. The zero-order valence-electron chi connectivity index (χ0n) is 16.2. The molecule has 0 spiro atoms. The number of halogens is 1. The minimum atomic E-state index is -0.295. The fourth-order valence-electron chi connectivity index (χ4n) is 2.25. The lowest BCUT2D eigenvalue weighted by molar-refractivity contribution is 1.66. The molecule has 0 nitrogen and oxygen atoms in total. The Morgan fingerprint density at radius 3 is 2.60 bits per heavy atom. The van der Waals surface area contributed by atoms with Crippen molar-refractivity contribution in [3.63, 3.8) is 0 Å². The van der Waals surface area contributed by atoms with E-state index in [1.54, 1.807) is 0 Å². The molecule has 2 heteroatoms. The van der Waals surface area contributed by atoms with Crippen molar-refractivity contribution in [2.75, 3.05) is 0 Å². The fraction of sp³-hybridized carbons (Fsp3) is 0. The summed E-state index contributed by atoms with van der Waals surface area (Å²) in [5.41, 5.74) is 1.36. The molecule has 0 amide bonds. The van der Waals surface area contributed by atoms with Gasteiger partial charge in [0, 0.05) is 24.6 Å². The van der Waals surface area contributed by atoms with Gasteiger partial charge in [-0.25, -0.2) is 0 Å². The van der Waals surface area contributed by atoms with Crippen molar-refractivity contribution < 1.29 is 8.22 Å². The van der Waals surface area contributed by atoms with Gasteiger partial charge in [0.05, 0.1) is 8.22 Å². The molecule has 0 saturated carbocycles. The molecule has 0 fully saturated rings. The minimum absolute atomic E-state index is 0.00321. The number of hydrogen-bond acceptors (Lipinski definition) is 1. The summed E-state index contributed by atoms with van der Waals surface area (Å²) in [7, 11) is 0. The first kappa shape index (κ1) is 7.39. The Kier molecular flexibility index (Phi) is 1.75. The van der Waals surface area contributed by atoms with Crippen molar-refractivity contribution in [2.24, 2.45) is 0 Å². The van der Waals surface area contributed by atoms with Gasteiger partial charge < -0.3 is 0 Å². The standard InChI is InChI=1S/C18H11BrS/c19-15-11-10-13(12-6-2-1-3-7-12)18-17(15)14-8-4-5-9-16(14)20-18/h1-11H/i4D,5D,8D,9D,10D,11D. The maximum absolute atomic E-state index is 8.44. The molecule has 0 aliphatic heterocycles. The monoisotopic (exact) mass is 344 g/mol. The van der Waals surface area contributed by atoms with E-state index in [4.69, 9.17) is 8.22 Å². The lowest BCUT2D eigenvalue weighted by Gasteiger charge is -2.04. The maximum Gasteiger partial charge on any atom is 0.0638 e. The Labute approximate surface area is 138 Å². The number of benzene rings is 3. The average Bonchev–Trinajstić information content (AvgIpc) is 3.04. The van der Waals surface area contributed by atoms with Gasteiger partial charge in [0.1, 0.15) is 0 Å². The van der Waals surface area contributed by atoms with Gasteiger partial charge in [0.15, 0.2) is 0 Å². The summed E-state index contributed by atoms with van der Waals surface area (Å²) in [6, 6.07) is 8.60. The van der Waals surface area contributed by atoms with Crippen LogP contribution in [0.3, 0.4) is 0 Å². The summed E-state index contributed by atoms with van der Waals surface area (Å²) in [4.78, 5) is 0. The van der Waals surface area contributed by atoms with E-state index in [2.05, 4.69) is 15.9 Å². The van der Waals surface area contributed by atoms with Crippen LogP contribution < -0.4 is 0 Å². The van der Waals surface area contributed by atoms with E-state index < -0.39 is 0 Å². The van der Waals surface area contributed by atoms with Crippen molar-refractivity contribution >= 4 is 47.4 Å². The number of rotatable bonds is 1. The molecule has 4 rings (SSSR count). The second-order valence-electron chi connectivity index (χ2n) is 4.32. The van der Waals surface area contributed by atoms with Gasteiger partial charge in [-0.2, -0.15) is 0 Å². The molecule has 0 aliphatic carbocycles. The summed E-state index contributed by atoms with van der Waals surface area (Å²) in [6.07, 6.45) is 0. The van der Waals surface area contributed by atoms with E-state index in [1.165, 1.54) is 11.3 Å². The Balaban J connectivity index is 2.32. The first-order valence-electron chi connectivity index (χ1n) is 9.01. The molecule has 0 aliphatic rings. The van der Waals surface area contributed by atoms with Crippen molar-refractivity contribution in [3.8, 4) is 11.1 Å². The lowest BCUT2D eigenvalue weighted by atomic mass is 10.0. The normalized spacial score (nSPS) is 15.4. The summed E-state index contributed by atoms with van der Waals surface area (Å²) >= 11 is 4.63. The quantitative estimate of drug-likeness (QED) is 0.370.